The van der Waals surface area contributed by atoms with Crippen LogP contribution in [-0.2, 0) is 16.1 Å². The summed E-state index contributed by atoms with van der Waals surface area (Å²) < 4.78 is 0. The van der Waals surface area contributed by atoms with E-state index in [1.165, 1.54) is 6.92 Å². The molecule has 3 N–H and O–H groups in total. The Balaban J connectivity index is 0.00000261. The van der Waals surface area contributed by atoms with E-state index in [1.54, 1.807) is 4.90 Å². The molecule has 0 unspecified atom stereocenters. The molecule has 1 aromatic carbocycles. The molecule has 6 nitrogen and oxygen atoms in total. The van der Waals surface area contributed by atoms with Crippen LogP contribution in [0.15, 0.2) is 24.3 Å². The van der Waals surface area contributed by atoms with Gasteiger partial charge in [-0.3, -0.25) is 9.59 Å². The summed E-state index contributed by atoms with van der Waals surface area (Å²) in [5.41, 5.74) is 6.77. The highest BCUT2D eigenvalue weighted by molar-refractivity contribution is 6.30. The number of hydrogen-bond acceptors (Lipinski definition) is 4. The third kappa shape index (κ3) is 4.93. The number of piperidine rings is 1. The van der Waals surface area contributed by atoms with Crippen LogP contribution < -0.4 is 5.73 Å². The largest absolute Gasteiger partial charge is 0.391 e. The van der Waals surface area contributed by atoms with Crippen molar-refractivity contribution in [1.82, 2.24) is 9.80 Å². The number of benzene rings is 1. The van der Waals surface area contributed by atoms with Gasteiger partial charge >= 0.3 is 0 Å². The number of amides is 2. The third-order valence-corrected chi connectivity index (χ3v) is 5.88. The van der Waals surface area contributed by atoms with E-state index in [9.17, 15) is 14.7 Å². The molecule has 2 aliphatic heterocycles. The maximum absolute atomic E-state index is 12.5. The van der Waals surface area contributed by atoms with Gasteiger partial charge < -0.3 is 20.6 Å². The van der Waals surface area contributed by atoms with Crippen molar-refractivity contribution in [2.24, 2.45) is 11.1 Å². The molecule has 1 aromatic rings. The Morgan fingerprint density at radius 3 is 2.44 bits per heavy atom. The predicted molar refractivity (Wildman–Crippen MR) is 107 cm³/mol. The van der Waals surface area contributed by atoms with Gasteiger partial charge in [0, 0.05) is 43.0 Å². The standard InChI is InChI=1S/C19H26ClN3O3.ClH/c1-13(24)17(21)18(26)22-8-6-19(7-9-22)10-16(25)23(12-19)11-14-2-4-15(20)5-3-14;/h2-5,13,17,24H,6-12,21H2,1H3;1H/t13-,17+;/m0./s1. The van der Waals surface area contributed by atoms with Gasteiger partial charge in [-0.2, -0.15) is 0 Å². The van der Waals surface area contributed by atoms with Gasteiger partial charge in [0.25, 0.3) is 0 Å². The molecular formula is C19H27Cl2N3O3. The number of likely N-dealkylation sites (tertiary alicyclic amines) is 2. The summed E-state index contributed by atoms with van der Waals surface area (Å²) in [6.45, 7) is 4.01. The van der Waals surface area contributed by atoms with E-state index in [4.69, 9.17) is 17.3 Å². The minimum Gasteiger partial charge on any atom is -0.391 e. The third-order valence-electron chi connectivity index (χ3n) is 5.63. The molecule has 8 heteroatoms. The highest BCUT2D eigenvalue weighted by Gasteiger charge is 2.45. The molecule has 0 saturated carbocycles. The van der Waals surface area contributed by atoms with Crippen LogP contribution in [0.2, 0.25) is 5.02 Å². The van der Waals surface area contributed by atoms with E-state index in [0.717, 1.165) is 24.9 Å². The van der Waals surface area contributed by atoms with Gasteiger partial charge in [-0.05, 0) is 37.5 Å². The first-order valence-electron chi connectivity index (χ1n) is 9.04. The molecule has 150 valence electrons. The summed E-state index contributed by atoms with van der Waals surface area (Å²) in [6, 6.07) is 6.68. The fourth-order valence-corrected chi connectivity index (χ4v) is 4.02. The number of halogens is 2. The van der Waals surface area contributed by atoms with Crippen molar-refractivity contribution in [3.05, 3.63) is 34.9 Å². The highest BCUT2D eigenvalue weighted by Crippen LogP contribution is 2.41. The van der Waals surface area contributed by atoms with Gasteiger partial charge in [0.2, 0.25) is 11.8 Å². The van der Waals surface area contributed by atoms with Gasteiger partial charge in [0.15, 0.2) is 0 Å². The fraction of sp³-hybridized carbons (Fsp3) is 0.579. The number of hydrogen-bond donors (Lipinski definition) is 2. The summed E-state index contributed by atoms with van der Waals surface area (Å²) in [5.74, 6) is -0.0439. The number of nitrogens with zero attached hydrogens (tertiary/aromatic N) is 2. The van der Waals surface area contributed by atoms with Gasteiger partial charge in [0.1, 0.15) is 6.04 Å². The normalized spacial score (nSPS) is 21.1. The fourth-order valence-electron chi connectivity index (χ4n) is 3.89. The first kappa shape index (κ1) is 22.0. The van der Waals surface area contributed by atoms with Gasteiger partial charge in [-0.15, -0.1) is 12.4 Å². The summed E-state index contributed by atoms with van der Waals surface area (Å²) in [4.78, 5) is 28.4. The zero-order valence-corrected chi connectivity index (χ0v) is 17.0. The monoisotopic (exact) mass is 415 g/mol. The van der Waals surface area contributed by atoms with E-state index in [2.05, 4.69) is 0 Å². The maximum atomic E-state index is 12.5. The molecule has 0 aromatic heterocycles. The quantitative estimate of drug-likeness (QED) is 0.784. The molecule has 2 saturated heterocycles. The minimum atomic E-state index is -0.879. The molecule has 0 aliphatic carbocycles. The van der Waals surface area contributed by atoms with E-state index >= 15 is 0 Å². The number of rotatable bonds is 4. The summed E-state index contributed by atoms with van der Waals surface area (Å²) in [6.07, 6.45) is 1.24. The van der Waals surface area contributed by atoms with Crippen LogP contribution in [-0.4, -0.2) is 58.5 Å². The van der Waals surface area contributed by atoms with Crippen molar-refractivity contribution in [2.45, 2.75) is 44.9 Å². The molecule has 0 bridgehead atoms. The van der Waals surface area contributed by atoms with Crippen molar-refractivity contribution < 1.29 is 14.7 Å². The molecule has 2 fully saturated rings. The van der Waals surface area contributed by atoms with Crippen molar-refractivity contribution in [2.75, 3.05) is 19.6 Å². The lowest BCUT2D eigenvalue weighted by Crippen LogP contribution is -2.53. The Bertz CT molecular complexity index is 673. The van der Waals surface area contributed by atoms with E-state index in [-0.39, 0.29) is 29.6 Å². The lowest BCUT2D eigenvalue weighted by Gasteiger charge is -2.39. The van der Waals surface area contributed by atoms with Gasteiger partial charge in [0.05, 0.1) is 6.10 Å². The lowest BCUT2D eigenvalue weighted by molar-refractivity contribution is -0.137. The molecule has 27 heavy (non-hydrogen) atoms. The van der Waals surface area contributed by atoms with E-state index < -0.39 is 12.1 Å². The summed E-state index contributed by atoms with van der Waals surface area (Å²) in [5, 5.41) is 10.2. The second kappa shape index (κ2) is 8.78. The van der Waals surface area contributed by atoms with Crippen LogP contribution in [0.4, 0.5) is 0 Å². The zero-order chi connectivity index (χ0) is 18.9. The van der Waals surface area contributed by atoms with Crippen molar-refractivity contribution in [1.29, 1.82) is 0 Å². The Morgan fingerprint density at radius 1 is 1.30 bits per heavy atom. The second-order valence-corrected chi connectivity index (χ2v) is 8.08. The van der Waals surface area contributed by atoms with Crippen LogP contribution in [0.3, 0.4) is 0 Å². The Morgan fingerprint density at radius 2 is 1.89 bits per heavy atom. The van der Waals surface area contributed by atoms with Crippen LogP contribution in [0, 0.1) is 5.41 Å². The number of aliphatic hydroxyl groups is 1. The number of nitrogens with two attached hydrogens (primary N) is 1. The van der Waals surface area contributed by atoms with Crippen molar-refractivity contribution in [3.8, 4) is 0 Å². The predicted octanol–water partition coefficient (Wildman–Crippen LogP) is 1.81. The zero-order valence-electron chi connectivity index (χ0n) is 15.4. The van der Waals surface area contributed by atoms with Gasteiger partial charge in [-0.25, -0.2) is 0 Å². The van der Waals surface area contributed by atoms with Crippen LogP contribution in [0.5, 0.6) is 0 Å². The Hall–Kier alpha value is -1.34. The highest BCUT2D eigenvalue weighted by atomic mass is 35.5. The molecule has 2 heterocycles. The average molecular weight is 416 g/mol. The number of aliphatic hydroxyl groups excluding tert-OH is 1. The number of carbonyl (C=O) groups is 2. The van der Waals surface area contributed by atoms with E-state index in [0.29, 0.717) is 31.1 Å². The summed E-state index contributed by atoms with van der Waals surface area (Å²) in [7, 11) is 0. The first-order chi connectivity index (χ1) is 12.3. The molecule has 0 radical (unpaired) electrons. The molecule has 3 rings (SSSR count). The van der Waals surface area contributed by atoms with Crippen molar-refractivity contribution >= 4 is 35.8 Å². The van der Waals surface area contributed by atoms with Gasteiger partial charge in [-0.1, -0.05) is 23.7 Å². The minimum absolute atomic E-state index is 0. The van der Waals surface area contributed by atoms with Crippen LogP contribution in [0.25, 0.3) is 0 Å². The first-order valence-corrected chi connectivity index (χ1v) is 9.42. The number of carbonyl (C=O) groups excluding carboxylic acids is 2. The van der Waals surface area contributed by atoms with Crippen LogP contribution in [0.1, 0.15) is 31.7 Å². The lowest BCUT2D eigenvalue weighted by atomic mass is 9.77. The molecule has 2 atom stereocenters. The molecule has 2 aliphatic rings. The topological polar surface area (TPSA) is 86.9 Å². The Labute approximate surface area is 171 Å². The molecular weight excluding hydrogens is 389 g/mol. The van der Waals surface area contributed by atoms with Crippen LogP contribution >= 0.6 is 24.0 Å². The second-order valence-electron chi connectivity index (χ2n) is 7.64. The molecule has 2 amide bonds. The SMILES string of the molecule is C[C@H](O)[C@@H](N)C(=O)N1CCC2(CC1)CC(=O)N(Cc1ccc(Cl)cc1)C2.Cl. The smallest absolute Gasteiger partial charge is 0.242 e. The average Bonchev–Trinajstić information content (AvgIpc) is 2.91. The molecule has 1 spiro atoms. The van der Waals surface area contributed by atoms with E-state index in [1.807, 2.05) is 29.2 Å². The van der Waals surface area contributed by atoms with Crippen molar-refractivity contribution in [3.63, 3.8) is 0 Å². The maximum Gasteiger partial charge on any atom is 0.242 e. The summed E-state index contributed by atoms with van der Waals surface area (Å²) >= 11 is 5.92. The Kier molecular flexibility index (Phi) is 7.14.